The number of esters is 2. The van der Waals surface area contributed by atoms with Crippen molar-refractivity contribution in [1.82, 2.24) is 0 Å². The monoisotopic (exact) mass is 410 g/mol. The maximum Gasteiger partial charge on any atom is 0.339 e. The summed E-state index contributed by atoms with van der Waals surface area (Å²) in [7, 11) is 2.75. The van der Waals surface area contributed by atoms with Crippen molar-refractivity contribution in [2.24, 2.45) is 0 Å². The zero-order valence-corrected chi connectivity index (χ0v) is 17.5. The predicted molar refractivity (Wildman–Crippen MR) is 119 cm³/mol. The molecule has 1 aliphatic rings. The van der Waals surface area contributed by atoms with E-state index < -0.39 is 11.9 Å². The molecule has 0 amide bonds. The summed E-state index contributed by atoms with van der Waals surface area (Å²) in [5.41, 5.74) is 5.38. The minimum atomic E-state index is -0.441. The van der Waals surface area contributed by atoms with E-state index in [1.807, 2.05) is 60.7 Å². The lowest BCUT2D eigenvalue weighted by molar-refractivity contribution is 0.0585. The highest BCUT2D eigenvalue weighted by atomic mass is 16.5. The second-order valence-corrected chi connectivity index (χ2v) is 7.28. The standard InChI is InChI=1S/C27H22O4/c1-30-26(28)24-20-14-9-15-21(20)25(27(29)31-2)23(19-12-7-4-8-13-19)22(24)17-16-18-10-5-3-6-11-18/h3-8,10-13H,9,14-15H2,1-2H3. The van der Waals surface area contributed by atoms with E-state index in [1.54, 1.807) is 0 Å². The molecule has 0 fully saturated rings. The molecule has 0 radical (unpaired) electrons. The number of benzene rings is 3. The number of hydrogen-bond acceptors (Lipinski definition) is 4. The first-order valence-electron chi connectivity index (χ1n) is 10.2. The maximum absolute atomic E-state index is 13.0. The molecule has 0 N–H and O–H groups in total. The third-order valence-electron chi connectivity index (χ3n) is 5.52. The van der Waals surface area contributed by atoms with Gasteiger partial charge < -0.3 is 9.47 Å². The molecule has 3 aromatic carbocycles. The minimum absolute atomic E-state index is 0.420. The van der Waals surface area contributed by atoms with Crippen LogP contribution in [0.3, 0.4) is 0 Å². The van der Waals surface area contributed by atoms with Gasteiger partial charge in [0.25, 0.3) is 0 Å². The van der Waals surface area contributed by atoms with Crippen LogP contribution in [0.15, 0.2) is 60.7 Å². The van der Waals surface area contributed by atoms with Gasteiger partial charge in [0.2, 0.25) is 0 Å². The fraction of sp³-hybridized carbons (Fsp3) is 0.185. The van der Waals surface area contributed by atoms with Crippen molar-refractivity contribution in [3.8, 4) is 23.0 Å². The highest BCUT2D eigenvalue weighted by Crippen LogP contribution is 2.40. The van der Waals surface area contributed by atoms with E-state index in [0.717, 1.165) is 28.7 Å². The van der Waals surface area contributed by atoms with E-state index in [2.05, 4.69) is 11.8 Å². The molecule has 0 saturated heterocycles. The Morgan fingerprint density at radius 3 is 1.90 bits per heavy atom. The molecule has 4 rings (SSSR count). The van der Waals surface area contributed by atoms with Crippen LogP contribution < -0.4 is 0 Å². The number of carbonyl (C=O) groups excluding carboxylic acids is 2. The molecule has 0 spiro atoms. The molecule has 0 aromatic heterocycles. The molecule has 31 heavy (non-hydrogen) atoms. The number of rotatable bonds is 3. The number of methoxy groups -OCH3 is 2. The highest BCUT2D eigenvalue weighted by molar-refractivity contribution is 6.06. The first-order valence-corrected chi connectivity index (χ1v) is 10.2. The molecule has 4 nitrogen and oxygen atoms in total. The van der Waals surface area contributed by atoms with E-state index in [1.165, 1.54) is 14.2 Å². The lowest BCUT2D eigenvalue weighted by Crippen LogP contribution is -2.16. The summed E-state index contributed by atoms with van der Waals surface area (Å²) in [5.74, 6) is 5.50. The summed E-state index contributed by atoms with van der Waals surface area (Å²) in [6.45, 7) is 0. The second-order valence-electron chi connectivity index (χ2n) is 7.28. The van der Waals surface area contributed by atoms with Crippen LogP contribution in [0.1, 0.15) is 49.4 Å². The van der Waals surface area contributed by atoms with Crippen molar-refractivity contribution >= 4 is 11.9 Å². The van der Waals surface area contributed by atoms with Gasteiger partial charge >= 0.3 is 11.9 Å². The van der Waals surface area contributed by atoms with Crippen LogP contribution in [0.4, 0.5) is 0 Å². The van der Waals surface area contributed by atoms with Crippen molar-refractivity contribution < 1.29 is 19.1 Å². The molecule has 4 heteroatoms. The van der Waals surface area contributed by atoms with Crippen LogP contribution in [0.5, 0.6) is 0 Å². The Hall–Kier alpha value is -3.84. The molecule has 0 heterocycles. The van der Waals surface area contributed by atoms with Gasteiger partial charge in [-0.1, -0.05) is 60.4 Å². The van der Waals surface area contributed by atoms with Gasteiger partial charge in [-0.25, -0.2) is 9.59 Å². The summed E-state index contributed by atoms with van der Waals surface area (Å²) in [6, 6.07) is 19.1. The maximum atomic E-state index is 13.0. The average Bonchev–Trinajstić information content (AvgIpc) is 3.31. The van der Waals surface area contributed by atoms with Gasteiger partial charge in [-0.05, 0) is 48.1 Å². The topological polar surface area (TPSA) is 52.6 Å². The van der Waals surface area contributed by atoms with E-state index >= 15 is 0 Å². The molecule has 154 valence electrons. The normalized spacial score (nSPS) is 11.8. The molecule has 0 saturated carbocycles. The van der Waals surface area contributed by atoms with Crippen molar-refractivity contribution in [2.75, 3.05) is 14.2 Å². The average molecular weight is 410 g/mol. The van der Waals surface area contributed by atoms with Gasteiger partial charge in [-0.2, -0.15) is 0 Å². The van der Waals surface area contributed by atoms with Crippen LogP contribution in [0, 0.1) is 11.8 Å². The van der Waals surface area contributed by atoms with Gasteiger partial charge in [0.15, 0.2) is 0 Å². The Bertz CT molecular complexity index is 1200. The van der Waals surface area contributed by atoms with Crippen LogP contribution >= 0.6 is 0 Å². The first kappa shape index (κ1) is 20.4. The van der Waals surface area contributed by atoms with E-state index in [4.69, 9.17) is 9.47 Å². The van der Waals surface area contributed by atoms with Crippen molar-refractivity contribution in [3.05, 3.63) is 94.0 Å². The molecule has 3 aromatic rings. The predicted octanol–water partition coefficient (Wildman–Crippen LogP) is 4.82. The van der Waals surface area contributed by atoms with Crippen LogP contribution in [-0.4, -0.2) is 26.2 Å². The molecule has 0 bridgehead atoms. The van der Waals surface area contributed by atoms with E-state index in [9.17, 15) is 9.59 Å². The highest BCUT2D eigenvalue weighted by Gasteiger charge is 2.33. The Labute approximate surface area is 181 Å². The number of carbonyl (C=O) groups is 2. The quantitative estimate of drug-likeness (QED) is 0.459. The summed E-state index contributed by atoms with van der Waals surface area (Å²) in [6.07, 6.45) is 2.25. The van der Waals surface area contributed by atoms with Crippen molar-refractivity contribution in [3.63, 3.8) is 0 Å². The molecule has 0 unspecified atom stereocenters. The van der Waals surface area contributed by atoms with Crippen LogP contribution in [0.25, 0.3) is 11.1 Å². The lowest BCUT2D eigenvalue weighted by Gasteiger charge is -2.19. The first-order chi connectivity index (χ1) is 15.2. The largest absolute Gasteiger partial charge is 0.465 e. The van der Waals surface area contributed by atoms with Crippen LogP contribution in [-0.2, 0) is 22.3 Å². The Kier molecular flexibility index (Phi) is 5.86. The second kappa shape index (κ2) is 8.89. The van der Waals surface area contributed by atoms with Gasteiger partial charge in [0.1, 0.15) is 0 Å². The Morgan fingerprint density at radius 1 is 0.742 bits per heavy atom. The van der Waals surface area contributed by atoms with E-state index in [-0.39, 0.29) is 0 Å². The minimum Gasteiger partial charge on any atom is -0.465 e. The van der Waals surface area contributed by atoms with Gasteiger partial charge in [0.05, 0.1) is 25.3 Å². The summed E-state index contributed by atoms with van der Waals surface area (Å²) >= 11 is 0. The summed E-state index contributed by atoms with van der Waals surface area (Å²) in [4.78, 5) is 25.9. The number of hydrogen-bond donors (Lipinski definition) is 0. The molecular weight excluding hydrogens is 388 g/mol. The number of fused-ring (bicyclic) bond motifs is 1. The fourth-order valence-electron chi connectivity index (χ4n) is 4.18. The van der Waals surface area contributed by atoms with Crippen LogP contribution in [0.2, 0.25) is 0 Å². The summed E-state index contributed by atoms with van der Waals surface area (Å²) in [5, 5.41) is 0. The zero-order valence-electron chi connectivity index (χ0n) is 17.5. The van der Waals surface area contributed by atoms with Gasteiger partial charge in [-0.15, -0.1) is 0 Å². The van der Waals surface area contributed by atoms with E-state index in [0.29, 0.717) is 35.1 Å². The van der Waals surface area contributed by atoms with Gasteiger partial charge in [0, 0.05) is 16.7 Å². The van der Waals surface area contributed by atoms with Crippen molar-refractivity contribution in [1.29, 1.82) is 0 Å². The Balaban J connectivity index is 2.13. The smallest absolute Gasteiger partial charge is 0.339 e. The Morgan fingerprint density at radius 2 is 1.29 bits per heavy atom. The SMILES string of the molecule is COC(=O)c1c(C#Cc2ccccc2)c(-c2ccccc2)c(C(=O)OC)c2c1CCC2. The molecule has 1 aliphatic carbocycles. The lowest BCUT2D eigenvalue weighted by atomic mass is 9.84. The van der Waals surface area contributed by atoms with Gasteiger partial charge in [-0.3, -0.25) is 0 Å². The fourth-order valence-corrected chi connectivity index (χ4v) is 4.18. The molecule has 0 atom stereocenters. The molecular formula is C27H22O4. The number of ether oxygens (including phenoxy) is 2. The third-order valence-corrected chi connectivity index (χ3v) is 5.52. The third kappa shape index (κ3) is 3.83. The molecule has 0 aliphatic heterocycles. The van der Waals surface area contributed by atoms with Crippen molar-refractivity contribution in [2.45, 2.75) is 19.3 Å². The summed E-state index contributed by atoms with van der Waals surface area (Å²) < 4.78 is 10.3. The zero-order chi connectivity index (χ0) is 21.8.